The minimum Gasteiger partial charge on any atom is -0.301 e. The topological polar surface area (TPSA) is 17.8 Å². The van der Waals surface area contributed by atoms with Gasteiger partial charge in [0.05, 0.1) is 21.6 Å². The summed E-state index contributed by atoms with van der Waals surface area (Å²) in [7, 11) is 0. The zero-order valence-corrected chi connectivity index (χ0v) is 19.4. The summed E-state index contributed by atoms with van der Waals surface area (Å²) < 4.78 is 2.43. The number of nitrogens with zero attached hydrogens (tertiary/aromatic N) is 2. The SMILES string of the molecule is CC1(C)c2ccccc2-c2cc3c4ccccc4n(-c4ccc(-c5ccccn5)s4)c3cc21. The van der Waals surface area contributed by atoms with Crippen LogP contribution in [0.25, 0.3) is 48.5 Å². The average Bonchev–Trinajstić information content (AvgIpc) is 3.51. The maximum absolute atomic E-state index is 4.56. The summed E-state index contributed by atoms with van der Waals surface area (Å²) in [4.78, 5) is 5.74. The van der Waals surface area contributed by atoms with Crippen molar-refractivity contribution < 1.29 is 0 Å². The molecule has 3 heteroatoms. The fourth-order valence-electron chi connectivity index (χ4n) is 5.49. The van der Waals surface area contributed by atoms with E-state index in [0.29, 0.717) is 0 Å². The molecule has 3 heterocycles. The maximum atomic E-state index is 4.56. The van der Waals surface area contributed by atoms with Gasteiger partial charge in [0.15, 0.2) is 0 Å². The standard InChI is InChI=1S/C30H22N2S/c1-30(2)23-11-5-3-9-19(23)21-17-22-20-10-4-6-13-26(20)32(27(22)18-24(21)30)29-15-14-28(33-29)25-12-7-8-16-31-25/h3-18H,1-2H3. The van der Waals surface area contributed by atoms with Gasteiger partial charge in [-0.25, -0.2) is 0 Å². The van der Waals surface area contributed by atoms with Gasteiger partial charge in [-0.2, -0.15) is 0 Å². The van der Waals surface area contributed by atoms with Gasteiger partial charge in [-0.15, -0.1) is 11.3 Å². The number of rotatable bonds is 2. The lowest BCUT2D eigenvalue weighted by Gasteiger charge is -2.21. The third-order valence-electron chi connectivity index (χ3n) is 7.11. The third-order valence-corrected chi connectivity index (χ3v) is 8.20. The van der Waals surface area contributed by atoms with Crippen LogP contribution in [0.2, 0.25) is 0 Å². The summed E-state index contributed by atoms with van der Waals surface area (Å²) in [6, 6.07) is 33.0. The highest BCUT2D eigenvalue weighted by atomic mass is 32.1. The van der Waals surface area contributed by atoms with Crippen molar-refractivity contribution in [2.45, 2.75) is 19.3 Å². The predicted octanol–water partition coefficient (Wildman–Crippen LogP) is 8.21. The van der Waals surface area contributed by atoms with Crippen molar-refractivity contribution in [3.8, 4) is 26.7 Å². The van der Waals surface area contributed by atoms with Gasteiger partial charge in [0, 0.05) is 22.4 Å². The molecule has 6 aromatic rings. The Labute approximate surface area is 196 Å². The van der Waals surface area contributed by atoms with E-state index in [1.54, 1.807) is 11.3 Å². The van der Waals surface area contributed by atoms with Crippen molar-refractivity contribution in [3.63, 3.8) is 0 Å². The molecule has 1 aliphatic carbocycles. The highest BCUT2D eigenvalue weighted by Gasteiger charge is 2.36. The van der Waals surface area contributed by atoms with Gasteiger partial charge in [-0.1, -0.05) is 62.4 Å². The molecule has 158 valence electrons. The Morgan fingerprint density at radius 3 is 2.39 bits per heavy atom. The lowest BCUT2D eigenvalue weighted by atomic mass is 9.82. The molecular formula is C30H22N2S. The molecule has 0 unspecified atom stereocenters. The van der Waals surface area contributed by atoms with Crippen LogP contribution in [0.15, 0.2) is 97.2 Å². The largest absolute Gasteiger partial charge is 0.301 e. The van der Waals surface area contributed by atoms with Crippen LogP contribution in [0, 0.1) is 0 Å². The van der Waals surface area contributed by atoms with Crippen molar-refractivity contribution in [1.29, 1.82) is 0 Å². The zero-order chi connectivity index (χ0) is 22.2. The van der Waals surface area contributed by atoms with Crippen molar-refractivity contribution in [1.82, 2.24) is 9.55 Å². The van der Waals surface area contributed by atoms with Gasteiger partial charge >= 0.3 is 0 Å². The number of benzene rings is 3. The third kappa shape index (κ3) is 2.57. The van der Waals surface area contributed by atoms with Crippen LogP contribution in [0.5, 0.6) is 0 Å². The van der Waals surface area contributed by atoms with Crippen LogP contribution in [-0.2, 0) is 5.41 Å². The number of hydrogen-bond acceptors (Lipinski definition) is 2. The van der Waals surface area contributed by atoms with Crippen molar-refractivity contribution in [2.24, 2.45) is 0 Å². The van der Waals surface area contributed by atoms with Gasteiger partial charge in [-0.05, 0) is 64.7 Å². The lowest BCUT2D eigenvalue weighted by Crippen LogP contribution is -2.14. The van der Waals surface area contributed by atoms with Crippen LogP contribution in [-0.4, -0.2) is 9.55 Å². The minimum absolute atomic E-state index is 0.0179. The molecule has 0 radical (unpaired) electrons. The van der Waals surface area contributed by atoms with E-state index in [1.807, 2.05) is 18.3 Å². The molecule has 0 amide bonds. The summed E-state index contributed by atoms with van der Waals surface area (Å²) in [5, 5.41) is 3.82. The van der Waals surface area contributed by atoms with E-state index in [0.717, 1.165) is 5.69 Å². The molecule has 0 bridgehead atoms. The Balaban J connectivity index is 1.54. The first-order valence-electron chi connectivity index (χ1n) is 11.3. The Bertz CT molecular complexity index is 1690. The molecule has 0 aliphatic heterocycles. The highest BCUT2D eigenvalue weighted by Crippen LogP contribution is 2.51. The van der Waals surface area contributed by atoms with Crippen LogP contribution < -0.4 is 0 Å². The quantitative estimate of drug-likeness (QED) is 0.264. The molecule has 0 atom stereocenters. The summed E-state index contributed by atoms with van der Waals surface area (Å²) in [5.74, 6) is 0. The molecule has 1 aliphatic rings. The van der Waals surface area contributed by atoms with Gasteiger partial charge in [0.25, 0.3) is 0 Å². The van der Waals surface area contributed by atoms with Gasteiger partial charge in [0.1, 0.15) is 5.00 Å². The molecule has 3 aromatic carbocycles. The summed E-state index contributed by atoms with van der Waals surface area (Å²) in [6.45, 7) is 4.70. The van der Waals surface area contributed by atoms with Gasteiger partial charge < -0.3 is 4.57 Å². The van der Waals surface area contributed by atoms with E-state index >= 15 is 0 Å². The second kappa shape index (κ2) is 6.66. The van der Waals surface area contributed by atoms with E-state index in [9.17, 15) is 0 Å². The first-order chi connectivity index (χ1) is 16.1. The summed E-state index contributed by atoms with van der Waals surface area (Å²) in [6.07, 6.45) is 1.86. The maximum Gasteiger partial charge on any atom is 0.101 e. The number of pyridine rings is 1. The first-order valence-corrected chi connectivity index (χ1v) is 12.1. The van der Waals surface area contributed by atoms with Crippen LogP contribution in [0.3, 0.4) is 0 Å². The van der Waals surface area contributed by atoms with E-state index in [-0.39, 0.29) is 5.41 Å². The molecule has 0 saturated heterocycles. The Morgan fingerprint density at radius 1 is 0.697 bits per heavy atom. The molecule has 0 spiro atoms. The van der Waals surface area contributed by atoms with E-state index in [2.05, 4.69) is 102 Å². The average molecular weight is 443 g/mol. The second-order valence-electron chi connectivity index (χ2n) is 9.29. The molecule has 0 saturated carbocycles. The number of aromatic nitrogens is 2. The smallest absolute Gasteiger partial charge is 0.101 e. The van der Waals surface area contributed by atoms with E-state index in [1.165, 1.54) is 53.9 Å². The molecule has 0 N–H and O–H groups in total. The first kappa shape index (κ1) is 18.8. The van der Waals surface area contributed by atoms with Crippen molar-refractivity contribution >= 4 is 33.1 Å². The van der Waals surface area contributed by atoms with Crippen LogP contribution in [0.4, 0.5) is 0 Å². The molecular weight excluding hydrogens is 420 g/mol. The second-order valence-corrected chi connectivity index (χ2v) is 10.4. The van der Waals surface area contributed by atoms with Crippen molar-refractivity contribution in [3.05, 3.63) is 108 Å². The Kier molecular flexibility index (Phi) is 3.80. The molecule has 2 nitrogen and oxygen atoms in total. The van der Waals surface area contributed by atoms with Gasteiger partial charge in [0.2, 0.25) is 0 Å². The van der Waals surface area contributed by atoms with Crippen molar-refractivity contribution in [2.75, 3.05) is 0 Å². The zero-order valence-electron chi connectivity index (χ0n) is 18.5. The summed E-state index contributed by atoms with van der Waals surface area (Å²) >= 11 is 1.79. The number of para-hydroxylation sites is 1. The molecule has 7 rings (SSSR count). The van der Waals surface area contributed by atoms with Gasteiger partial charge in [-0.3, -0.25) is 4.98 Å². The van der Waals surface area contributed by atoms with Crippen LogP contribution in [0.1, 0.15) is 25.0 Å². The van der Waals surface area contributed by atoms with E-state index in [4.69, 9.17) is 0 Å². The lowest BCUT2D eigenvalue weighted by molar-refractivity contribution is 0.661. The Hall–Kier alpha value is -3.69. The number of hydrogen-bond donors (Lipinski definition) is 0. The normalized spacial score (nSPS) is 14.0. The number of thiophene rings is 1. The predicted molar refractivity (Wildman–Crippen MR) is 139 cm³/mol. The minimum atomic E-state index is -0.0179. The van der Waals surface area contributed by atoms with Crippen LogP contribution >= 0.6 is 11.3 Å². The van der Waals surface area contributed by atoms with E-state index < -0.39 is 0 Å². The fourth-order valence-corrected chi connectivity index (χ4v) is 6.51. The molecule has 3 aromatic heterocycles. The fraction of sp³-hybridized carbons (Fsp3) is 0.100. The molecule has 0 fully saturated rings. The Morgan fingerprint density at radius 2 is 1.52 bits per heavy atom. The highest BCUT2D eigenvalue weighted by molar-refractivity contribution is 7.17. The monoisotopic (exact) mass is 442 g/mol. The number of fused-ring (bicyclic) bond motifs is 6. The summed E-state index contributed by atoms with van der Waals surface area (Å²) in [5.41, 5.74) is 9.07. The molecule has 33 heavy (non-hydrogen) atoms.